The molecule has 6 nitrogen and oxygen atoms in total. The number of carbonyl (C=O) groups excluding carboxylic acids is 1. The van der Waals surface area contributed by atoms with E-state index >= 15 is 0 Å². The van der Waals surface area contributed by atoms with Gasteiger partial charge in [0.25, 0.3) is 0 Å². The lowest BCUT2D eigenvalue weighted by Crippen LogP contribution is -2.48. The van der Waals surface area contributed by atoms with Gasteiger partial charge < -0.3 is 9.42 Å². The van der Waals surface area contributed by atoms with Crippen LogP contribution < -0.4 is 0 Å². The van der Waals surface area contributed by atoms with E-state index in [2.05, 4.69) is 15.0 Å². The molecule has 1 saturated heterocycles. The molecule has 2 aromatic carbocycles. The first kappa shape index (κ1) is 21.5. The Morgan fingerprint density at radius 2 is 1.81 bits per heavy atom. The number of aryl methyl sites for hydroxylation is 2. The van der Waals surface area contributed by atoms with E-state index in [1.807, 2.05) is 60.4 Å². The van der Waals surface area contributed by atoms with Crippen LogP contribution in [0, 0.1) is 6.92 Å². The number of halogens is 1. The summed E-state index contributed by atoms with van der Waals surface area (Å²) in [6.07, 6.45) is 2.32. The fourth-order valence-corrected chi connectivity index (χ4v) is 3.98. The van der Waals surface area contributed by atoms with E-state index in [-0.39, 0.29) is 5.91 Å². The maximum Gasteiger partial charge on any atom is 0.241 e. The van der Waals surface area contributed by atoms with Crippen LogP contribution in [0.5, 0.6) is 0 Å². The van der Waals surface area contributed by atoms with E-state index in [1.54, 1.807) is 0 Å². The molecule has 0 spiro atoms. The van der Waals surface area contributed by atoms with Gasteiger partial charge in [0.1, 0.15) is 0 Å². The summed E-state index contributed by atoms with van der Waals surface area (Å²) < 4.78 is 5.46. The van der Waals surface area contributed by atoms with Crippen LogP contribution in [0.3, 0.4) is 0 Å². The van der Waals surface area contributed by atoms with Gasteiger partial charge in [-0.3, -0.25) is 9.69 Å². The van der Waals surface area contributed by atoms with Crippen molar-refractivity contribution >= 4 is 17.5 Å². The van der Waals surface area contributed by atoms with Crippen LogP contribution in [0.25, 0.3) is 11.4 Å². The van der Waals surface area contributed by atoms with Crippen LogP contribution in [0.15, 0.2) is 53.1 Å². The summed E-state index contributed by atoms with van der Waals surface area (Å²) in [7, 11) is 0. The number of benzene rings is 2. The number of nitrogens with zero attached hydrogens (tertiary/aromatic N) is 4. The van der Waals surface area contributed by atoms with Gasteiger partial charge in [-0.25, -0.2) is 0 Å². The molecule has 2 heterocycles. The minimum atomic E-state index is 0.230. The van der Waals surface area contributed by atoms with Gasteiger partial charge in [0.05, 0.1) is 6.54 Å². The molecule has 0 atom stereocenters. The van der Waals surface area contributed by atoms with Crippen LogP contribution in [0.2, 0.25) is 5.02 Å². The number of aromatic nitrogens is 2. The fourth-order valence-electron chi connectivity index (χ4n) is 3.85. The lowest BCUT2D eigenvalue weighted by molar-refractivity contribution is -0.133. The first-order valence-corrected chi connectivity index (χ1v) is 11.1. The second-order valence-electron chi connectivity index (χ2n) is 7.96. The summed E-state index contributed by atoms with van der Waals surface area (Å²) in [6.45, 7) is 5.74. The quantitative estimate of drug-likeness (QED) is 0.548. The lowest BCUT2D eigenvalue weighted by Gasteiger charge is -2.34. The van der Waals surface area contributed by atoms with Crippen LogP contribution in [0.4, 0.5) is 0 Å². The second-order valence-corrected chi connectivity index (χ2v) is 8.40. The number of hydrogen-bond donors (Lipinski definition) is 0. The molecule has 7 heteroatoms. The molecule has 4 rings (SSSR count). The van der Waals surface area contributed by atoms with Crippen LogP contribution in [-0.2, 0) is 17.8 Å². The SMILES string of the molecule is Cc1ccccc1-c1noc(CN2CCN(C(=O)CCCc3ccc(Cl)cc3)CC2)n1. The molecule has 1 aliphatic rings. The average molecular weight is 439 g/mol. The molecule has 0 unspecified atom stereocenters. The molecule has 3 aromatic rings. The number of piperazine rings is 1. The van der Waals surface area contributed by atoms with Crippen molar-refractivity contribution in [2.75, 3.05) is 26.2 Å². The number of carbonyl (C=O) groups is 1. The summed E-state index contributed by atoms with van der Waals surface area (Å²) in [5.74, 6) is 1.47. The molecular formula is C24H27ClN4O2. The van der Waals surface area contributed by atoms with Crippen molar-refractivity contribution in [2.24, 2.45) is 0 Å². The molecule has 0 radical (unpaired) electrons. The van der Waals surface area contributed by atoms with Crippen LogP contribution in [-0.4, -0.2) is 52.0 Å². The predicted molar refractivity (Wildman–Crippen MR) is 121 cm³/mol. The third-order valence-electron chi connectivity index (χ3n) is 5.71. The number of amides is 1. The van der Waals surface area contributed by atoms with E-state index in [1.165, 1.54) is 5.56 Å². The van der Waals surface area contributed by atoms with Crippen molar-refractivity contribution < 1.29 is 9.32 Å². The van der Waals surface area contributed by atoms with Gasteiger partial charge in [0.15, 0.2) is 0 Å². The van der Waals surface area contributed by atoms with E-state index in [4.69, 9.17) is 16.1 Å². The fraction of sp³-hybridized carbons (Fsp3) is 0.375. The lowest BCUT2D eigenvalue weighted by atomic mass is 10.1. The molecule has 1 amide bonds. The zero-order chi connectivity index (χ0) is 21.6. The van der Waals surface area contributed by atoms with Crippen molar-refractivity contribution in [3.8, 4) is 11.4 Å². The minimum absolute atomic E-state index is 0.230. The highest BCUT2D eigenvalue weighted by Crippen LogP contribution is 2.20. The van der Waals surface area contributed by atoms with E-state index in [0.717, 1.165) is 55.2 Å². The summed E-state index contributed by atoms with van der Waals surface area (Å²) in [5.41, 5.74) is 3.33. The summed E-state index contributed by atoms with van der Waals surface area (Å²) >= 11 is 5.92. The first-order valence-electron chi connectivity index (χ1n) is 10.7. The topological polar surface area (TPSA) is 62.5 Å². The molecule has 1 aliphatic heterocycles. The second kappa shape index (κ2) is 10.1. The monoisotopic (exact) mass is 438 g/mol. The molecule has 162 valence electrons. The van der Waals surface area contributed by atoms with Crippen molar-refractivity contribution in [1.29, 1.82) is 0 Å². The van der Waals surface area contributed by atoms with Gasteiger partial charge in [-0.15, -0.1) is 0 Å². The van der Waals surface area contributed by atoms with Gasteiger partial charge >= 0.3 is 0 Å². The Labute approximate surface area is 187 Å². The highest BCUT2D eigenvalue weighted by atomic mass is 35.5. The third-order valence-corrected chi connectivity index (χ3v) is 5.96. The normalized spacial score (nSPS) is 14.7. The Hall–Kier alpha value is -2.70. The Balaban J connectivity index is 1.21. The van der Waals surface area contributed by atoms with Gasteiger partial charge in [-0.2, -0.15) is 4.98 Å². The van der Waals surface area contributed by atoms with Gasteiger partial charge in [0.2, 0.25) is 17.6 Å². The van der Waals surface area contributed by atoms with Crippen molar-refractivity contribution in [1.82, 2.24) is 19.9 Å². The van der Waals surface area contributed by atoms with Crippen molar-refractivity contribution in [3.05, 3.63) is 70.6 Å². The largest absolute Gasteiger partial charge is 0.340 e. The Bertz CT molecular complexity index is 1010. The molecule has 1 aromatic heterocycles. The summed E-state index contributed by atoms with van der Waals surface area (Å²) in [6, 6.07) is 15.8. The van der Waals surface area contributed by atoms with Gasteiger partial charge in [-0.05, 0) is 43.0 Å². The molecule has 0 aliphatic carbocycles. The average Bonchev–Trinajstić information content (AvgIpc) is 3.24. The number of rotatable bonds is 7. The van der Waals surface area contributed by atoms with Crippen LogP contribution in [0.1, 0.15) is 29.9 Å². The summed E-state index contributed by atoms with van der Waals surface area (Å²) in [5, 5.41) is 4.88. The molecule has 0 saturated carbocycles. The van der Waals surface area contributed by atoms with Crippen molar-refractivity contribution in [2.45, 2.75) is 32.7 Å². The maximum atomic E-state index is 12.5. The zero-order valence-corrected chi connectivity index (χ0v) is 18.5. The molecule has 31 heavy (non-hydrogen) atoms. The Morgan fingerprint density at radius 1 is 1.06 bits per heavy atom. The highest BCUT2D eigenvalue weighted by Gasteiger charge is 2.22. The standard InChI is InChI=1S/C24H27ClN4O2/c1-18-5-2-3-7-21(18)24-26-22(31-27-24)17-28-13-15-29(16-14-28)23(30)8-4-6-19-9-11-20(25)12-10-19/h2-3,5,7,9-12H,4,6,8,13-17H2,1H3. The summed E-state index contributed by atoms with van der Waals surface area (Å²) in [4.78, 5) is 21.3. The molecular weight excluding hydrogens is 412 g/mol. The molecule has 0 N–H and O–H groups in total. The van der Waals surface area contributed by atoms with E-state index in [9.17, 15) is 4.79 Å². The third kappa shape index (κ3) is 5.71. The Kier molecular flexibility index (Phi) is 6.99. The number of hydrogen-bond acceptors (Lipinski definition) is 5. The van der Waals surface area contributed by atoms with E-state index < -0.39 is 0 Å². The van der Waals surface area contributed by atoms with Crippen molar-refractivity contribution in [3.63, 3.8) is 0 Å². The minimum Gasteiger partial charge on any atom is -0.340 e. The van der Waals surface area contributed by atoms with Gasteiger partial charge in [0, 0.05) is 43.2 Å². The first-order chi connectivity index (χ1) is 15.1. The molecule has 0 bridgehead atoms. The molecule has 1 fully saturated rings. The Morgan fingerprint density at radius 3 is 2.55 bits per heavy atom. The van der Waals surface area contributed by atoms with Gasteiger partial charge in [-0.1, -0.05) is 53.2 Å². The predicted octanol–water partition coefficient (Wildman–Crippen LogP) is 4.37. The highest BCUT2D eigenvalue weighted by molar-refractivity contribution is 6.30. The van der Waals surface area contributed by atoms with E-state index in [0.29, 0.717) is 24.7 Å². The smallest absolute Gasteiger partial charge is 0.241 e. The zero-order valence-electron chi connectivity index (χ0n) is 17.8. The maximum absolute atomic E-state index is 12.5. The van der Waals surface area contributed by atoms with Crippen LogP contribution >= 0.6 is 11.6 Å².